The Labute approximate surface area is 551 Å². The lowest BCUT2D eigenvalue weighted by molar-refractivity contribution is -0.138. The SMILES string of the molecule is CC1=C(C(=O)N2CCN(C(=O)OC(C)(C)C)CC2)[C@@H](c2ccc(C#N)cc2)N(CC(=O)NCCN(C)CCNC(=O)CN2C(=O)N(c3cccc(C(F)(F)F)c3)C(C)=C(C(=O)N3CCN(C(=O)OC(C)(C)C)CC3)[C@H]2c2ccc(C#N)cc2)C(=O)N1c1cccc(C(F)(F)F)c1. The number of likely N-dealkylation sites (N-methyl/N-ethyl adjacent to an activating group) is 1. The number of nitriles is 2. The molecule has 0 bridgehead atoms. The van der Waals surface area contributed by atoms with Crippen molar-refractivity contribution >= 4 is 59.3 Å². The zero-order valence-corrected chi connectivity index (χ0v) is 54.6. The number of allylic oxidation sites excluding steroid dienone is 2. The predicted octanol–water partition coefficient (Wildman–Crippen LogP) is 9.01. The zero-order valence-electron chi connectivity index (χ0n) is 54.6. The Balaban J connectivity index is 0.996. The molecule has 0 saturated carbocycles. The van der Waals surface area contributed by atoms with Crippen LogP contribution < -0.4 is 20.4 Å². The van der Waals surface area contributed by atoms with Crippen LogP contribution in [0.25, 0.3) is 0 Å². The molecule has 8 rings (SSSR count). The number of halogens is 6. The number of carbonyl (C=O) groups excluding carboxylic acids is 8. The smallest absolute Gasteiger partial charge is 0.416 e. The molecule has 4 aromatic carbocycles. The number of ether oxygens (including phenoxy) is 2. The summed E-state index contributed by atoms with van der Waals surface area (Å²) in [5, 5.41) is 24.9. The average Bonchev–Trinajstić information content (AvgIpc) is 0.748. The first kappa shape index (κ1) is 71.7. The van der Waals surface area contributed by atoms with Crippen LogP contribution in [0, 0.1) is 22.7 Å². The standard InChI is InChI=1S/C67H75F6N13O10/c1-42-54(58(89)79-28-32-81(33-29-79)62(93)95-64(3,4)5)56(46-20-16-44(38-74)17-21-46)83(60(91)85(42)50-14-10-12-48(36-50)66(68,69)70)40-52(87)76-24-26-78(9)27-25-77-53(88)41-84-57(47-22-18-45(39-75)19-23-47)55(59(90)80-30-34-82(35-31-80)63(94)96-65(6,7)8)43(2)86(61(84)92)51-15-11-13-49(37-51)67(71,72)73/h10-23,36-37,56-57H,24-35,40-41H2,1-9H3,(H,76,87)(H,77,88)/t56-,57-/m1/s1. The molecule has 10 amide bonds. The van der Waals surface area contributed by atoms with E-state index in [1.807, 2.05) is 12.1 Å². The summed E-state index contributed by atoms with van der Waals surface area (Å²) < 4.78 is 96.7. The van der Waals surface area contributed by atoms with Crippen molar-refractivity contribution in [2.75, 3.05) is 108 Å². The fourth-order valence-corrected chi connectivity index (χ4v) is 11.5. The van der Waals surface area contributed by atoms with Crippen LogP contribution in [0.15, 0.2) is 120 Å². The van der Waals surface area contributed by atoms with Crippen LogP contribution in [0.5, 0.6) is 0 Å². The minimum absolute atomic E-state index is 0.00585. The molecule has 4 aliphatic rings. The van der Waals surface area contributed by atoms with Crippen molar-refractivity contribution in [1.29, 1.82) is 10.5 Å². The van der Waals surface area contributed by atoms with E-state index in [2.05, 4.69) is 10.6 Å². The predicted molar refractivity (Wildman–Crippen MR) is 338 cm³/mol. The third kappa shape index (κ3) is 17.0. The van der Waals surface area contributed by atoms with Gasteiger partial charge in [-0.15, -0.1) is 0 Å². The number of nitrogens with one attached hydrogen (secondary N) is 2. The van der Waals surface area contributed by atoms with Crippen LogP contribution in [0.1, 0.15) is 101 Å². The second kappa shape index (κ2) is 29.2. The number of benzene rings is 4. The molecular weight excluding hydrogens is 1260 g/mol. The van der Waals surface area contributed by atoms with Gasteiger partial charge in [-0.1, -0.05) is 36.4 Å². The fraction of sp³-hybridized carbons (Fsp3) is 0.433. The van der Waals surface area contributed by atoms with Gasteiger partial charge in [-0.05, 0) is 134 Å². The molecule has 2 fully saturated rings. The maximum absolute atomic E-state index is 15.1. The Kier molecular flexibility index (Phi) is 21.8. The van der Waals surface area contributed by atoms with Gasteiger partial charge in [0.25, 0.3) is 11.8 Å². The molecule has 4 aliphatic heterocycles. The molecule has 23 nitrogen and oxygen atoms in total. The highest BCUT2D eigenvalue weighted by molar-refractivity contribution is 6.07. The molecule has 96 heavy (non-hydrogen) atoms. The quantitative estimate of drug-likeness (QED) is 0.0994. The Bertz CT molecular complexity index is 3540. The molecule has 0 aliphatic carbocycles. The first-order chi connectivity index (χ1) is 45.1. The summed E-state index contributed by atoms with van der Waals surface area (Å²) >= 11 is 0. The number of amides is 10. The van der Waals surface area contributed by atoms with Gasteiger partial charge in [0.05, 0.1) is 69.0 Å². The van der Waals surface area contributed by atoms with Gasteiger partial charge in [-0.25, -0.2) is 19.2 Å². The lowest BCUT2D eigenvalue weighted by atomic mass is 9.91. The highest BCUT2D eigenvalue weighted by atomic mass is 19.4. The van der Waals surface area contributed by atoms with Crippen LogP contribution in [0.2, 0.25) is 0 Å². The van der Waals surface area contributed by atoms with Crippen LogP contribution in [0.3, 0.4) is 0 Å². The third-order valence-electron chi connectivity index (χ3n) is 16.2. The number of carbonyl (C=O) groups is 8. The summed E-state index contributed by atoms with van der Waals surface area (Å²) in [7, 11) is 1.65. The summed E-state index contributed by atoms with van der Waals surface area (Å²) in [4.78, 5) is 126. The van der Waals surface area contributed by atoms with E-state index in [0.29, 0.717) is 0 Å². The van der Waals surface area contributed by atoms with Gasteiger partial charge in [0.2, 0.25) is 11.8 Å². The Hall–Kier alpha value is -10.2. The van der Waals surface area contributed by atoms with Crippen LogP contribution >= 0.6 is 0 Å². The van der Waals surface area contributed by atoms with Crippen molar-refractivity contribution in [3.63, 3.8) is 0 Å². The van der Waals surface area contributed by atoms with Gasteiger partial charge >= 0.3 is 36.6 Å². The van der Waals surface area contributed by atoms with E-state index in [4.69, 9.17) is 9.47 Å². The van der Waals surface area contributed by atoms with Crippen molar-refractivity contribution in [2.24, 2.45) is 0 Å². The number of hydrogen-bond acceptors (Lipinski definition) is 13. The van der Waals surface area contributed by atoms with Crippen molar-refractivity contribution in [3.05, 3.63) is 153 Å². The third-order valence-corrected chi connectivity index (χ3v) is 16.2. The highest BCUT2D eigenvalue weighted by Crippen LogP contribution is 2.44. The lowest BCUT2D eigenvalue weighted by Crippen LogP contribution is -2.57. The fourth-order valence-electron chi connectivity index (χ4n) is 11.5. The first-order valence-corrected chi connectivity index (χ1v) is 30.8. The van der Waals surface area contributed by atoms with E-state index in [1.165, 1.54) is 94.1 Å². The second-order valence-corrected chi connectivity index (χ2v) is 25.4. The number of rotatable bonds is 16. The molecule has 29 heteroatoms. The molecule has 0 radical (unpaired) electrons. The van der Waals surface area contributed by atoms with Crippen molar-refractivity contribution < 1.29 is 74.2 Å². The Morgan fingerprint density at radius 3 is 1.15 bits per heavy atom. The molecule has 0 unspecified atom stereocenters. The van der Waals surface area contributed by atoms with Gasteiger partial charge in [-0.2, -0.15) is 36.9 Å². The maximum atomic E-state index is 15.1. The monoisotopic (exact) mass is 1340 g/mol. The molecule has 0 spiro atoms. The number of urea groups is 2. The molecule has 4 heterocycles. The highest BCUT2D eigenvalue weighted by Gasteiger charge is 2.48. The summed E-state index contributed by atoms with van der Waals surface area (Å²) in [6.45, 7) is 11.8. The van der Waals surface area contributed by atoms with Crippen molar-refractivity contribution in [3.8, 4) is 12.1 Å². The molecular formula is C67H75F6N13O10. The molecule has 0 aromatic heterocycles. The van der Waals surface area contributed by atoms with E-state index in [0.717, 1.165) is 56.0 Å². The van der Waals surface area contributed by atoms with Crippen molar-refractivity contribution in [2.45, 2.75) is 91.0 Å². The number of alkyl halides is 6. The summed E-state index contributed by atoms with van der Waals surface area (Å²) in [5.41, 5.74) is -3.55. The number of piperazine rings is 2. The summed E-state index contributed by atoms with van der Waals surface area (Å²) in [6, 6.07) is 19.1. The topological polar surface area (TPSA) is 256 Å². The minimum atomic E-state index is -4.84. The van der Waals surface area contributed by atoms with Crippen molar-refractivity contribution in [1.82, 2.24) is 44.9 Å². The maximum Gasteiger partial charge on any atom is 0.416 e. The van der Waals surface area contributed by atoms with Gasteiger partial charge < -0.3 is 54.4 Å². The number of nitrogens with zero attached hydrogens (tertiary/aromatic N) is 11. The van der Waals surface area contributed by atoms with E-state index < -0.39 is 108 Å². The molecule has 510 valence electrons. The van der Waals surface area contributed by atoms with E-state index in [9.17, 15) is 56.0 Å². The lowest BCUT2D eigenvalue weighted by Gasteiger charge is -2.44. The first-order valence-electron chi connectivity index (χ1n) is 30.8. The zero-order chi connectivity index (χ0) is 70.4. The van der Waals surface area contributed by atoms with E-state index >= 15 is 19.2 Å². The Morgan fingerprint density at radius 2 is 0.844 bits per heavy atom. The van der Waals surface area contributed by atoms with Gasteiger partial charge in [0.15, 0.2) is 0 Å². The molecule has 2 saturated heterocycles. The molecule has 2 N–H and O–H groups in total. The van der Waals surface area contributed by atoms with Crippen LogP contribution in [-0.2, 0) is 41.0 Å². The van der Waals surface area contributed by atoms with Crippen LogP contribution in [0.4, 0.5) is 56.9 Å². The molecule has 4 aromatic rings. The summed E-state index contributed by atoms with van der Waals surface area (Å²) in [6.07, 6.45) is -10.9. The van der Waals surface area contributed by atoms with Gasteiger partial charge in [0, 0.05) is 89.9 Å². The number of anilines is 2. The van der Waals surface area contributed by atoms with E-state index in [-0.39, 0.29) is 135 Å². The van der Waals surface area contributed by atoms with Crippen LogP contribution in [-0.4, -0.2) is 192 Å². The largest absolute Gasteiger partial charge is 0.444 e. The van der Waals surface area contributed by atoms with E-state index in [1.54, 1.807) is 53.5 Å². The second-order valence-electron chi connectivity index (χ2n) is 25.4. The minimum Gasteiger partial charge on any atom is -0.444 e. The van der Waals surface area contributed by atoms with Gasteiger partial charge in [0.1, 0.15) is 24.3 Å². The number of hydrogen-bond donors (Lipinski definition) is 2. The Morgan fingerprint density at radius 1 is 0.521 bits per heavy atom. The summed E-state index contributed by atoms with van der Waals surface area (Å²) in [5.74, 6) is -2.79. The average molecular weight is 1340 g/mol. The normalized spacial score (nSPS) is 17.6. The molecule has 2 atom stereocenters. The van der Waals surface area contributed by atoms with Gasteiger partial charge in [-0.3, -0.25) is 29.0 Å².